The van der Waals surface area contributed by atoms with E-state index in [-0.39, 0.29) is 10.6 Å². The van der Waals surface area contributed by atoms with Gasteiger partial charge in [-0.3, -0.25) is 9.48 Å². The normalized spacial score (nSPS) is 10.6. The number of aromatic nitrogens is 2. The Kier molecular flexibility index (Phi) is 4.39. The molecular weight excluding hydrogens is 281 g/mol. The minimum atomic E-state index is -0.624. The summed E-state index contributed by atoms with van der Waals surface area (Å²) >= 11 is 5.83. The Bertz CT molecular complexity index is 619. The molecule has 1 aromatic heterocycles. The third-order valence-electron chi connectivity index (χ3n) is 2.90. The zero-order valence-electron chi connectivity index (χ0n) is 11.3. The van der Waals surface area contributed by atoms with Crippen molar-refractivity contribution in [3.05, 3.63) is 52.1 Å². The predicted molar refractivity (Wildman–Crippen MR) is 75.4 cm³/mol. The highest BCUT2D eigenvalue weighted by molar-refractivity contribution is 6.33. The lowest BCUT2D eigenvalue weighted by molar-refractivity contribution is 0.0948. The number of carbonyl (C=O) groups is 1. The Morgan fingerprint density at radius 1 is 1.45 bits per heavy atom. The summed E-state index contributed by atoms with van der Waals surface area (Å²) in [6, 6.07) is 6.11. The van der Waals surface area contributed by atoms with Crippen molar-refractivity contribution in [2.75, 3.05) is 6.54 Å². The van der Waals surface area contributed by atoms with Crippen molar-refractivity contribution in [2.24, 2.45) is 0 Å². The molecule has 0 bridgehead atoms. The van der Waals surface area contributed by atoms with Crippen LogP contribution < -0.4 is 5.32 Å². The van der Waals surface area contributed by atoms with E-state index in [4.69, 9.17) is 11.6 Å². The number of halogens is 2. The maximum Gasteiger partial charge on any atom is 0.255 e. The van der Waals surface area contributed by atoms with Gasteiger partial charge in [0.25, 0.3) is 5.91 Å². The zero-order valence-corrected chi connectivity index (χ0v) is 12.0. The van der Waals surface area contributed by atoms with E-state index in [1.165, 1.54) is 18.2 Å². The molecule has 106 valence electrons. The van der Waals surface area contributed by atoms with Gasteiger partial charge < -0.3 is 5.32 Å². The molecule has 1 amide bonds. The summed E-state index contributed by atoms with van der Waals surface area (Å²) in [5.74, 6) is -1.14. The number of nitrogens with one attached hydrogen (secondary N) is 1. The summed E-state index contributed by atoms with van der Waals surface area (Å²) in [5, 5.41) is 7.03. The van der Waals surface area contributed by atoms with Gasteiger partial charge in [0.15, 0.2) is 0 Å². The summed E-state index contributed by atoms with van der Waals surface area (Å²) < 4.78 is 15.3. The monoisotopic (exact) mass is 295 g/mol. The average Bonchev–Trinajstić information content (AvgIpc) is 2.68. The second-order valence-corrected chi connectivity index (χ2v) is 4.91. The van der Waals surface area contributed by atoms with Crippen molar-refractivity contribution in [2.45, 2.75) is 20.4 Å². The molecule has 2 rings (SSSR count). The molecule has 1 heterocycles. The molecule has 6 heteroatoms. The Morgan fingerprint density at radius 3 is 2.80 bits per heavy atom. The highest BCUT2D eigenvalue weighted by Crippen LogP contribution is 2.18. The molecule has 0 aliphatic heterocycles. The van der Waals surface area contributed by atoms with Crippen LogP contribution in [0.4, 0.5) is 4.39 Å². The van der Waals surface area contributed by atoms with E-state index < -0.39 is 11.7 Å². The van der Waals surface area contributed by atoms with Crippen LogP contribution in [-0.2, 0) is 6.54 Å². The van der Waals surface area contributed by atoms with Gasteiger partial charge in [-0.2, -0.15) is 5.10 Å². The molecular formula is C14H15ClFN3O. The van der Waals surface area contributed by atoms with Gasteiger partial charge in [-0.15, -0.1) is 0 Å². The van der Waals surface area contributed by atoms with Gasteiger partial charge >= 0.3 is 0 Å². The van der Waals surface area contributed by atoms with Crippen LogP contribution in [-0.4, -0.2) is 22.2 Å². The fourth-order valence-electron chi connectivity index (χ4n) is 1.98. The number of hydrogen-bond acceptors (Lipinski definition) is 2. The molecule has 2 aromatic rings. The van der Waals surface area contributed by atoms with Crippen LogP contribution in [0.15, 0.2) is 24.3 Å². The summed E-state index contributed by atoms with van der Waals surface area (Å²) in [4.78, 5) is 11.9. The SMILES string of the molecule is Cc1cc(C)n(CCNC(=O)c2c(F)cccc2Cl)n1. The fourth-order valence-corrected chi connectivity index (χ4v) is 2.23. The Labute approximate surface area is 121 Å². The van der Waals surface area contributed by atoms with Crippen LogP contribution in [0.5, 0.6) is 0 Å². The molecule has 4 nitrogen and oxygen atoms in total. The first-order valence-corrected chi connectivity index (χ1v) is 6.60. The Balaban J connectivity index is 1.98. The fraction of sp³-hybridized carbons (Fsp3) is 0.286. The minimum Gasteiger partial charge on any atom is -0.350 e. The second-order valence-electron chi connectivity index (χ2n) is 4.50. The smallest absolute Gasteiger partial charge is 0.255 e. The lowest BCUT2D eigenvalue weighted by atomic mass is 10.2. The van der Waals surface area contributed by atoms with Crippen LogP contribution in [0.1, 0.15) is 21.7 Å². The van der Waals surface area contributed by atoms with Gasteiger partial charge in [0, 0.05) is 12.2 Å². The number of nitrogens with zero attached hydrogens (tertiary/aromatic N) is 2. The van der Waals surface area contributed by atoms with E-state index in [0.717, 1.165) is 11.4 Å². The third kappa shape index (κ3) is 3.17. The lowest BCUT2D eigenvalue weighted by Gasteiger charge is -2.08. The van der Waals surface area contributed by atoms with Crippen LogP contribution in [0.25, 0.3) is 0 Å². The number of rotatable bonds is 4. The van der Waals surface area contributed by atoms with E-state index in [9.17, 15) is 9.18 Å². The molecule has 0 saturated heterocycles. The second kappa shape index (κ2) is 6.05. The van der Waals surface area contributed by atoms with E-state index in [0.29, 0.717) is 13.1 Å². The quantitative estimate of drug-likeness (QED) is 0.943. The molecule has 0 atom stereocenters. The first kappa shape index (κ1) is 14.5. The van der Waals surface area contributed by atoms with E-state index in [1.807, 2.05) is 19.9 Å². The van der Waals surface area contributed by atoms with Gasteiger partial charge in [0.1, 0.15) is 5.82 Å². The molecule has 0 unspecified atom stereocenters. The largest absolute Gasteiger partial charge is 0.350 e. The van der Waals surface area contributed by atoms with Crippen molar-refractivity contribution in [1.82, 2.24) is 15.1 Å². The minimum absolute atomic E-state index is 0.105. The lowest BCUT2D eigenvalue weighted by Crippen LogP contribution is -2.28. The van der Waals surface area contributed by atoms with Gasteiger partial charge in [-0.1, -0.05) is 17.7 Å². The first-order chi connectivity index (χ1) is 9.49. The van der Waals surface area contributed by atoms with E-state index in [1.54, 1.807) is 4.68 Å². The van der Waals surface area contributed by atoms with Crippen LogP contribution in [0, 0.1) is 19.7 Å². The van der Waals surface area contributed by atoms with Crippen LogP contribution in [0.2, 0.25) is 5.02 Å². The Hall–Kier alpha value is -1.88. The van der Waals surface area contributed by atoms with Crippen molar-refractivity contribution in [3.63, 3.8) is 0 Å². The maximum atomic E-state index is 13.6. The predicted octanol–water partition coefficient (Wildman–Crippen LogP) is 2.72. The van der Waals surface area contributed by atoms with E-state index >= 15 is 0 Å². The van der Waals surface area contributed by atoms with Crippen molar-refractivity contribution in [1.29, 1.82) is 0 Å². The molecule has 0 aliphatic carbocycles. The molecule has 0 radical (unpaired) electrons. The molecule has 0 spiro atoms. The summed E-state index contributed by atoms with van der Waals surface area (Å²) in [5.41, 5.74) is 1.81. The van der Waals surface area contributed by atoms with Gasteiger partial charge in [-0.05, 0) is 32.0 Å². The molecule has 0 aliphatic rings. The topological polar surface area (TPSA) is 46.9 Å². The molecule has 1 aromatic carbocycles. The third-order valence-corrected chi connectivity index (χ3v) is 3.22. The summed E-state index contributed by atoms with van der Waals surface area (Å²) in [6.45, 7) is 4.72. The van der Waals surface area contributed by atoms with Gasteiger partial charge in [0.05, 0.1) is 22.8 Å². The molecule has 0 saturated carbocycles. The van der Waals surface area contributed by atoms with Crippen molar-refractivity contribution < 1.29 is 9.18 Å². The summed E-state index contributed by atoms with van der Waals surface area (Å²) in [7, 11) is 0. The van der Waals surface area contributed by atoms with Crippen molar-refractivity contribution >= 4 is 17.5 Å². The molecule has 1 N–H and O–H groups in total. The van der Waals surface area contributed by atoms with Gasteiger partial charge in [0.2, 0.25) is 0 Å². The van der Waals surface area contributed by atoms with Crippen molar-refractivity contribution in [3.8, 4) is 0 Å². The first-order valence-electron chi connectivity index (χ1n) is 6.22. The highest BCUT2D eigenvalue weighted by atomic mass is 35.5. The number of carbonyl (C=O) groups excluding carboxylic acids is 1. The standard InChI is InChI=1S/C14H15ClFN3O/c1-9-8-10(2)19(18-9)7-6-17-14(20)13-11(15)4-3-5-12(13)16/h3-5,8H,6-7H2,1-2H3,(H,17,20). The molecule has 20 heavy (non-hydrogen) atoms. The number of benzene rings is 1. The van der Waals surface area contributed by atoms with Crippen LogP contribution in [0.3, 0.4) is 0 Å². The number of aryl methyl sites for hydroxylation is 2. The summed E-state index contributed by atoms with van der Waals surface area (Å²) in [6.07, 6.45) is 0. The number of hydrogen-bond donors (Lipinski definition) is 1. The number of amides is 1. The van der Waals surface area contributed by atoms with Gasteiger partial charge in [-0.25, -0.2) is 4.39 Å². The maximum absolute atomic E-state index is 13.6. The molecule has 0 fully saturated rings. The van der Waals surface area contributed by atoms with E-state index in [2.05, 4.69) is 10.4 Å². The zero-order chi connectivity index (χ0) is 14.7. The average molecular weight is 296 g/mol. The highest BCUT2D eigenvalue weighted by Gasteiger charge is 2.15. The van der Waals surface area contributed by atoms with Crippen LogP contribution >= 0.6 is 11.6 Å². The Morgan fingerprint density at radius 2 is 2.20 bits per heavy atom.